The van der Waals surface area contributed by atoms with Gasteiger partial charge in [0, 0.05) is 62.1 Å². The molecule has 3 unspecified atom stereocenters. The van der Waals surface area contributed by atoms with Crippen LogP contribution < -0.4 is 5.32 Å². The van der Waals surface area contributed by atoms with Gasteiger partial charge in [0.25, 0.3) is 0 Å². The van der Waals surface area contributed by atoms with Crippen molar-refractivity contribution in [2.75, 3.05) is 46.1 Å². The van der Waals surface area contributed by atoms with Crippen molar-refractivity contribution >= 4 is 28.5 Å². The Balaban J connectivity index is 1.08. The van der Waals surface area contributed by atoms with Gasteiger partial charge in [-0.1, -0.05) is 49.6 Å². The zero-order valence-electron chi connectivity index (χ0n) is 27.7. The lowest BCUT2D eigenvalue weighted by atomic mass is 9.61. The Bertz CT molecular complexity index is 1720. The van der Waals surface area contributed by atoms with Crippen molar-refractivity contribution < 1.29 is 4.79 Å². The summed E-state index contributed by atoms with van der Waals surface area (Å²) in [6, 6.07) is 21.3. The fraction of sp³-hybridized carbons (Fsp3) is 0.447. The minimum atomic E-state index is -0.0325. The summed E-state index contributed by atoms with van der Waals surface area (Å²) >= 11 is 0. The normalized spacial score (nSPS) is 21.3. The van der Waals surface area contributed by atoms with Gasteiger partial charge in [-0.15, -0.1) is 0 Å². The number of H-pyrrole nitrogens is 1. The van der Waals surface area contributed by atoms with Crippen LogP contribution >= 0.6 is 0 Å². The summed E-state index contributed by atoms with van der Waals surface area (Å²) in [5, 5.41) is 11.5. The molecule has 2 saturated carbocycles. The van der Waals surface area contributed by atoms with Gasteiger partial charge in [-0.2, -0.15) is 5.10 Å². The highest BCUT2D eigenvalue weighted by Gasteiger charge is 2.40. The Labute approximate surface area is 272 Å². The van der Waals surface area contributed by atoms with Crippen molar-refractivity contribution in [3.8, 4) is 11.3 Å². The summed E-state index contributed by atoms with van der Waals surface area (Å²) in [7, 11) is 6.12. The van der Waals surface area contributed by atoms with E-state index >= 15 is 0 Å². The first kappa shape index (κ1) is 30.5. The zero-order chi connectivity index (χ0) is 31.8. The number of aromatic amines is 1. The second kappa shape index (κ2) is 12.9. The lowest BCUT2D eigenvalue weighted by Crippen LogP contribution is -2.44. The van der Waals surface area contributed by atoms with Crippen LogP contribution in [0.2, 0.25) is 0 Å². The van der Waals surface area contributed by atoms with E-state index in [-0.39, 0.29) is 11.9 Å². The van der Waals surface area contributed by atoms with Gasteiger partial charge in [-0.25, -0.2) is 9.78 Å². The predicted octanol–water partition coefficient (Wildman–Crippen LogP) is 7.40. The minimum absolute atomic E-state index is 0.0325. The summed E-state index contributed by atoms with van der Waals surface area (Å²) in [5.74, 6) is 2.49. The van der Waals surface area contributed by atoms with Crippen LogP contribution in [0.25, 0.3) is 22.3 Å². The molecule has 3 heterocycles. The molecule has 0 bridgehead atoms. The maximum atomic E-state index is 13.1. The fourth-order valence-electron chi connectivity index (χ4n) is 7.66. The lowest BCUT2D eigenvalue weighted by molar-refractivity contribution is 0.0421. The van der Waals surface area contributed by atoms with Gasteiger partial charge in [-0.05, 0) is 104 Å². The molecule has 2 fully saturated rings. The highest BCUT2D eigenvalue weighted by atomic mass is 16.2. The van der Waals surface area contributed by atoms with Gasteiger partial charge in [-0.3, -0.25) is 5.01 Å². The van der Waals surface area contributed by atoms with Gasteiger partial charge < -0.3 is 20.1 Å². The Morgan fingerprint density at radius 3 is 2.52 bits per heavy atom. The molecule has 2 N–H and O–H groups in total. The highest BCUT2D eigenvalue weighted by molar-refractivity contribution is 6.08. The largest absolute Gasteiger partial charge is 0.339 e. The second-order valence-corrected chi connectivity index (χ2v) is 13.9. The van der Waals surface area contributed by atoms with Crippen molar-refractivity contribution in [3.63, 3.8) is 0 Å². The standard InChI is InChI=1S/C38H47N7O/c1-5-45-24-34(32-18-19-39-37-33(32)21-35(41-37)28-11-6-8-25(20-28)22-43(2)3)36(42-45)27-12-15-30(16-13-27)40-38(46)44(4)23-29-14-17-31(29)26-9-7-10-26/h6,8,11-13,15-16,18-21,26,29,31,34H,5,7,9-10,14,17,22-24H2,1-4H3,(H,39,41)(H,40,46). The molecule has 2 amide bonds. The van der Waals surface area contributed by atoms with Gasteiger partial charge in [0.05, 0.1) is 5.71 Å². The number of hydrazone groups is 1. The number of urea groups is 1. The topological polar surface area (TPSA) is 79.9 Å². The summed E-state index contributed by atoms with van der Waals surface area (Å²) in [6.45, 7) is 5.55. The van der Waals surface area contributed by atoms with E-state index in [9.17, 15) is 4.79 Å². The van der Waals surface area contributed by atoms with E-state index in [0.717, 1.165) is 77.3 Å². The number of fused-ring (bicyclic) bond motifs is 1. The molecule has 7 rings (SSSR count). The molecule has 2 aliphatic carbocycles. The molecule has 0 radical (unpaired) electrons. The van der Waals surface area contributed by atoms with E-state index in [1.807, 2.05) is 30.3 Å². The number of rotatable bonds is 10. The maximum Gasteiger partial charge on any atom is 0.321 e. The van der Waals surface area contributed by atoms with Gasteiger partial charge in [0.2, 0.25) is 0 Å². The molecule has 2 aromatic carbocycles. The molecule has 0 saturated heterocycles. The van der Waals surface area contributed by atoms with Gasteiger partial charge in [0.1, 0.15) is 5.65 Å². The molecule has 46 heavy (non-hydrogen) atoms. The van der Waals surface area contributed by atoms with Gasteiger partial charge in [0.15, 0.2) is 0 Å². The molecule has 1 aliphatic heterocycles. The summed E-state index contributed by atoms with van der Waals surface area (Å²) < 4.78 is 0. The molecule has 2 aromatic heterocycles. The third-order valence-corrected chi connectivity index (χ3v) is 10.5. The molecule has 0 spiro atoms. The molecule has 240 valence electrons. The third-order valence-electron chi connectivity index (χ3n) is 10.5. The number of nitrogens with one attached hydrogen (secondary N) is 2. The summed E-state index contributed by atoms with van der Waals surface area (Å²) in [5.41, 5.74) is 8.55. The molecule has 8 heteroatoms. The minimum Gasteiger partial charge on any atom is -0.339 e. The van der Waals surface area contributed by atoms with E-state index in [1.54, 1.807) is 0 Å². The first-order valence-electron chi connectivity index (χ1n) is 17.0. The van der Waals surface area contributed by atoms with Crippen molar-refractivity contribution in [3.05, 3.63) is 83.6 Å². The highest BCUT2D eigenvalue weighted by Crippen LogP contribution is 2.47. The van der Waals surface area contributed by atoms with Crippen LogP contribution in [-0.2, 0) is 6.54 Å². The van der Waals surface area contributed by atoms with Crippen LogP contribution in [-0.4, -0.2) is 77.3 Å². The Morgan fingerprint density at radius 1 is 1.00 bits per heavy atom. The van der Waals surface area contributed by atoms with Crippen LogP contribution in [0.1, 0.15) is 61.6 Å². The number of benzene rings is 2. The number of amides is 2. The van der Waals surface area contributed by atoms with Crippen LogP contribution in [0.4, 0.5) is 10.5 Å². The number of aromatic nitrogens is 2. The number of likely N-dealkylation sites (N-methyl/N-ethyl adjacent to an activating group) is 1. The number of nitrogens with zero attached hydrogens (tertiary/aromatic N) is 5. The van der Waals surface area contributed by atoms with E-state index in [0.29, 0.717) is 5.92 Å². The van der Waals surface area contributed by atoms with Crippen molar-refractivity contribution in [2.45, 2.75) is 51.5 Å². The second-order valence-electron chi connectivity index (χ2n) is 13.9. The Morgan fingerprint density at radius 2 is 1.83 bits per heavy atom. The lowest BCUT2D eigenvalue weighted by Gasteiger charge is -2.47. The maximum absolute atomic E-state index is 13.1. The average Bonchev–Trinajstić information content (AvgIpc) is 3.66. The Kier molecular flexibility index (Phi) is 8.56. The van der Waals surface area contributed by atoms with Crippen LogP contribution in [0.15, 0.2) is 72.0 Å². The van der Waals surface area contributed by atoms with Crippen molar-refractivity contribution in [1.82, 2.24) is 24.8 Å². The van der Waals surface area contributed by atoms with E-state index in [2.05, 4.69) is 89.8 Å². The van der Waals surface area contributed by atoms with E-state index < -0.39 is 0 Å². The van der Waals surface area contributed by atoms with Crippen molar-refractivity contribution in [1.29, 1.82) is 0 Å². The monoisotopic (exact) mass is 617 g/mol. The van der Waals surface area contributed by atoms with Crippen LogP contribution in [0.5, 0.6) is 0 Å². The molecular formula is C38H47N7O. The van der Waals surface area contributed by atoms with Crippen LogP contribution in [0.3, 0.4) is 0 Å². The zero-order valence-corrected chi connectivity index (χ0v) is 27.7. The molecular weight excluding hydrogens is 570 g/mol. The first-order chi connectivity index (χ1) is 22.4. The number of hydrogen-bond acceptors (Lipinski definition) is 5. The van der Waals surface area contributed by atoms with Crippen molar-refractivity contribution in [2.24, 2.45) is 22.9 Å². The quantitative estimate of drug-likeness (QED) is 0.194. The fourth-order valence-corrected chi connectivity index (χ4v) is 7.66. The number of pyridine rings is 1. The predicted molar refractivity (Wildman–Crippen MR) is 187 cm³/mol. The smallest absolute Gasteiger partial charge is 0.321 e. The average molecular weight is 618 g/mol. The van der Waals surface area contributed by atoms with E-state index in [4.69, 9.17) is 10.1 Å². The Hall–Kier alpha value is -4.17. The SMILES string of the molecule is CCN1CC(c2ccnc3[nH]c(-c4cccc(CN(C)C)c4)cc23)C(c2ccc(NC(=O)N(C)CC3CCC3C3CCC3)cc2)=N1. The first-order valence-corrected chi connectivity index (χ1v) is 17.0. The number of carbonyl (C=O) groups is 1. The number of hydrogen-bond donors (Lipinski definition) is 2. The summed E-state index contributed by atoms with van der Waals surface area (Å²) in [6.07, 6.45) is 8.65. The van der Waals surface area contributed by atoms with Gasteiger partial charge >= 0.3 is 6.03 Å². The summed E-state index contributed by atoms with van der Waals surface area (Å²) in [4.78, 5) is 25.4. The molecule has 3 atom stereocenters. The molecule has 8 nitrogen and oxygen atoms in total. The van der Waals surface area contributed by atoms with E-state index in [1.165, 1.54) is 43.2 Å². The third kappa shape index (κ3) is 6.15. The molecule has 3 aliphatic rings. The van der Waals surface area contributed by atoms with Crippen LogP contribution in [0, 0.1) is 17.8 Å². The number of carbonyl (C=O) groups excluding carboxylic acids is 1. The molecule has 4 aromatic rings. The number of anilines is 1.